The molecule has 0 fully saturated rings. The minimum atomic E-state index is -0.571. The quantitative estimate of drug-likeness (QED) is 0.948. The van der Waals surface area contributed by atoms with Gasteiger partial charge >= 0.3 is 0 Å². The molecule has 1 aromatic carbocycles. The van der Waals surface area contributed by atoms with Gasteiger partial charge in [-0.15, -0.1) is 11.3 Å². The highest BCUT2D eigenvalue weighted by Gasteiger charge is 2.38. The Balaban J connectivity index is 1.99. The van der Waals surface area contributed by atoms with Gasteiger partial charge in [-0.25, -0.2) is 4.98 Å². The van der Waals surface area contributed by atoms with Gasteiger partial charge in [-0.2, -0.15) is 0 Å². The smallest absolute Gasteiger partial charge is 0.223 e. The summed E-state index contributed by atoms with van der Waals surface area (Å²) >= 11 is 1.63. The summed E-state index contributed by atoms with van der Waals surface area (Å²) in [5.41, 5.74) is 1.61. The molecule has 1 unspecified atom stereocenters. The van der Waals surface area contributed by atoms with Crippen LogP contribution in [0.1, 0.15) is 23.9 Å². The summed E-state index contributed by atoms with van der Waals surface area (Å²) in [6.07, 6.45) is 1.13. The van der Waals surface area contributed by atoms with Crippen molar-refractivity contribution in [2.24, 2.45) is 0 Å². The van der Waals surface area contributed by atoms with Crippen LogP contribution in [0.4, 0.5) is 0 Å². The Labute approximate surface area is 128 Å². The number of thiazole rings is 1. The molecule has 0 spiro atoms. The molecule has 110 valence electrons. The van der Waals surface area contributed by atoms with Crippen molar-refractivity contribution in [1.82, 2.24) is 10.3 Å². The molecule has 1 atom stereocenters. The Morgan fingerprint density at radius 3 is 2.90 bits per heavy atom. The number of benzene rings is 1. The number of hydrogen-bond donors (Lipinski definition) is 1. The second-order valence-electron chi connectivity index (χ2n) is 5.34. The molecule has 21 heavy (non-hydrogen) atoms. The highest BCUT2D eigenvalue weighted by molar-refractivity contribution is 7.15. The van der Waals surface area contributed by atoms with Crippen molar-refractivity contribution in [3.05, 3.63) is 40.9 Å². The van der Waals surface area contributed by atoms with Gasteiger partial charge in [0.25, 0.3) is 0 Å². The molecule has 2 aromatic rings. The molecule has 4 nitrogen and oxygen atoms in total. The van der Waals surface area contributed by atoms with Crippen LogP contribution in [0.5, 0.6) is 0 Å². The zero-order valence-electron chi connectivity index (χ0n) is 12.2. The maximum atomic E-state index is 11.8. The second kappa shape index (κ2) is 5.58. The molecule has 0 radical (unpaired) electrons. The summed E-state index contributed by atoms with van der Waals surface area (Å²) in [6, 6.07) is 10.1. The van der Waals surface area contributed by atoms with Crippen LogP contribution >= 0.6 is 11.3 Å². The third-order valence-corrected chi connectivity index (χ3v) is 5.13. The van der Waals surface area contributed by atoms with E-state index in [0.29, 0.717) is 13.0 Å². The van der Waals surface area contributed by atoms with Gasteiger partial charge in [-0.3, -0.25) is 4.79 Å². The average molecular weight is 302 g/mol. The molecule has 0 bridgehead atoms. The Kier molecular flexibility index (Phi) is 3.78. The third-order valence-electron chi connectivity index (χ3n) is 3.73. The van der Waals surface area contributed by atoms with Gasteiger partial charge in [0, 0.05) is 19.0 Å². The minimum Gasteiger partial charge on any atom is -0.369 e. The molecule has 5 heteroatoms. The second-order valence-corrected chi connectivity index (χ2v) is 6.34. The Morgan fingerprint density at radius 2 is 2.19 bits per heavy atom. The van der Waals surface area contributed by atoms with Gasteiger partial charge in [0.2, 0.25) is 5.91 Å². The molecule has 1 aromatic heterocycles. The topological polar surface area (TPSA) is 51.2 Å². The van der Waals surface area contributed by atoms with Gasteiger partial charge in [0.15, 0.2) is 0 Å². The fourth-order valence-electron chi connectivity index (χ4n) is 2.60. The lowest BCUT2D eigenvalue weighted by atomic mass is 9.95. The predicted octanol–water partition coefficient (Wildman–Crippen LogP) is 2.73. The van der Waals surface area contributed by atoms with Crippen molar-refractivity contribution < 1.29 is 9.53 Å². The molecule has 3 rings (SSSR count). The van der Waals surface area contributed by atoms with Gasteiger partial charge in [0.05, 0.1) is 23.6 Å². The summed E-state index contributed by atoms with van der Waals surface area (Å²) in [5.74, 6) is -0.0139. The molecule has 1 aliphatic heterocycles. The number of amides is 1. The number of ether oxygens (including phenoxy) is 1. The number of carbonyl (C=O) groups is 1. The van der Waals surface area contributed by atoms with Crippen molar-refractivity contribution in [2.75, 3.05) is 13.7 Å². The van der Waals surface area contributed by atoms with Crippen LogP contribution in [0.2, 0.25) is 0 Å². The molecule has 0 saturated heterocycles. The molecule has 1 amide bonds. The Morgan fingerprint density at radius 1 is 1.43 bits per heavy atom. The van der Waals surface area contributed by atoms with Gasteiger partial charge in [0.1, 0.15) is 10.6 Å². The summed E-state index contributed by atoms with van der Waals surface area (Å²) in [7, 11) is 1.65. The van der Waals surface area contributed by atoms with E-state index in [-0.39, 0.29) is 5.91 Å². The summed E-state index contributed by atoms with van der Waals surface area (Å²) < 4.78 is 5.92. The fourth-order valence-corrected chi connectivity index (χ4v) is 3.82. The lowest BCUT2D eigenvalue weighted by molar-refractivity contribution is -0.129. The Hall–Kier alpha value is -1.72. The molecule has 1 aliphatic rings. The predicted molar refractivity (Wildman–Crippen MR) is 83.2 cm³/mol. The number of nitrogens with one attached hydrogen (secondary N) is 1. The highest BCUT2D eigenvalue weighted by Crippen LogP contribution is 2.41. The monoisotopic (exact) mass is 302 g/mol. The maximum Gasteiger partial charge on any atom is 0.223 e. The largest absolute Gasteiger partial charge is 0.369 e. The van der Waals surface area contributed by atoms with E-state index in [0.717, 1.165) is 27.6 Å². The number of rotatable bonds is 3. The van der Waals surface area contributed by atoms with Crippen LogP contribution in [0.15, 0.2) is 30.3 Å². The van der Waals surface area contributed by atoms with E-state index in [9.17, 15) is 4.79 Å². The van der Waals surface area contributed by atoms with Crippen molar-refractivity contribution in [1.29, 1.82) is 0 Å². The van der Waals surface area contributed by atoms with Crippen LogP contribution in [0, 0.1) is 0 Å². The van der Waals surface area contributed by atoms with E-state index in [2.05, 4.69) is 17.4 Å². The zero-order valence-corrected chi connectivity index (χ0v) is 13.0. The maximum absolute atomic E-state index is 11.8. The summed E-state index contributed by atoms with van der Waals surface area (Å²) in [4.78, 5) is 17.6. The van der Waals surface area contributed by atoms with E-state index in [4.69, 9.17) is 9.72 Å². The first-order valence-corrected chi connectivity index (χ1v) is 7.84. The Bertz CT molecular complexity index is 654. The summed E-state index contributed by atoms with van der Waals surface area (Å²) in [6.45, 7) is 2.59. The number of aromatic nitrogens is 1. The van der Waals surface area contributed by atoms with Crippen molar-refractivity contribution in [2.45, 2.75) is 25.4 Å². The fraction of sp³-hybridized carbons (Fsp3) is 0.375. The van der Waals surface area contributed by atoms with Crippen molar-refractivity contribution in [3.63, 3.8) is 0 Å². The van der Waals surface area contributed by atoms with Crippen LogP contribution in [0.3, 0.4) is 0 Å². The van der Waals surface area contributed by atoms with Crippen LogP contribution in [-0.4, -0.2) is 24.5 Å². The third kappa shape index (κ3) is 2.71. The van der Waals surface area contributed by atoms with Crippen LogP contribution in [-0.2, 0) is 21.6 Å². The number of carbonyl (C=O) groups excluding carboxylic acids is 1. The molecule has 1 N–H and O–H groups in total. The van der Waals surface area contributed by atoms with Gasteiger partial charge < -0.3 is 10.1 Å². The van der Waals surface area contributed by atoms with Crippen LogP contribution < -0.4 is 5.32 Å². The van der Waals surface area contributed by atoms with Crippen molar-refractivity contribution in [3.8, 4) is 10.6 Å². The van der Waals surface area contributed by atoms with Gasteiger partial charge in [-0.05, 0) is 6.92 Å². The lowest BCUT2D eigenvalue weighted by Gasteiger charge is -2.32. The van der Waals surface area contributed by atoms with E-state index < -0.39 is 5.60 Å². The van der Waals surface area contributed by atoms with E-state index >= 15 is 0 Å². The number of hydrogen-bond acceptors (Lipinski definition) is 4. The zero-order chi connectivity index (χ0) is 14.9. The van der Waals surface area contributed by atoms with Gasteiger partial charge in [-0.1, -0.05) is 30.3 Å². The average Bonchev–Trinajstić information content (AvgIpc) is 2.94. The molecular formula is C16H18N2O2S. The normalized spacial score (nSPS) is 20.9. The number of nitrogens with zero attached hydrogens (tertiary/aromatic N) is 1. The highest BCUT2D eigenvalue weighted by atomic mass is 32.1. The molecule has 0 saturated carbocycles. The molecule has 2 heterocycles. The van der Waals surface area contributed by atoms with Crippen LogP contribution in [0.25, 0.3) is 10.6 Å². The summed E-state index contributed by atoms with van der Waals surface area (Å²) in [5, 5.41) is 3.67. The lowest BCUT2D eigenvalue weighted by Crippen LogP contribution is -2.36. The minimum absolute atomic E-state index is 0.0139. The van der Waals surface area contributed by atoms with E-state index in [1.807, 2.05) is 25.1 Å². The number of fused-ring (bicyclic) bond motifs is 1. The van der Waals surface area contributed by atoms with E-state index in [1.165, 1.54) is 0 Å². The SMILES string of the molecule is CNC(=O)CC1(C)OCCc2nc(-c3ccccc3)sc21. The molecule has 0 aliphatic carbocycles. The first kappa shape index (κ1) is 14.2. The van der Waals surface area contributed by atoms with E-state index in [1.54, 1.807) is 18.4 Å². The first-order valence-electron chi connectivity index (χ1n) is 7.02. The van der Waals surface area contributed by atoms with Crippen molar-refractivity contribution >= 4 is 17.2 Å². The molecular weight excluding hydrogens is 284 g/mol. The standard InChI is InChI=1S/C16H18N2O2S/c1-16(10-13(19)17-2)14-12(8-9-20-16)18-15(21-14)11-6-4-3-5-7-11/h3-7H,8-10H2,1-2H3,(H,17,19). The first-order chi connectivity index (χ1) is 10.1.